The van der Waals surface area contributed by atoms with E-state index < -0.39 is 12.2 Å². The van der Waals surface area contributed by atoms with Crippen LogP contribution in [0.4, 0.5) is 4.39 Å². The summed E-state index contributed by atoms with van der Waals surface area (Å²) in [7, 11) is 3.20. The summed E-state index contributed by atoms with van der Waals surface area (Å²) in [5.41, 5.74) is 9.60. The molecule has 39 heavy (non-hydrogen) atoms. The van der Waals surface area contributed by atoms with Crippen molar-refractivity contribution < 1.29 is 28.2 Å². The summed E-state index contributed by atoms with van der Waals surface area (Å²) in [5, 5.41) is 11.8. The van der Waals surface area contributed by atoms with Gasteiger partial charge in [0.25, 0.3) is 5.91 Å². The standard InChI is InChI=1S/C30H34FN3O5/c1-37-22-6-5-18-9-25(34(24(18)13-22)14-17-3-4-17)29-23(7-8-35)28-26(38-2)10-19(11-27(28)39-29)30(36)33-15-20(31)12-21(32)16-33/h5-6,9-11,13,17,20-21,35H,3-4,7-8,12,14-16,32H2,1-2H3/t20-,21-/m1/s1. The summed E-state index contributed by atoms with van der Waals surface area (Å²) >= 11 is 0. The highest BCUT2D eigenvalue weighted by atomic mass is 19.1. The van der Waals surface area contributed by atoms with Gasteiger partial charge in [0.05, 0.1) is 37.4 Å². The monoisotopic (exact) mass is 535 g/mol. The molecule has 3 heterocycles. The van der Waals surface area contributed by atoms with Gasteiger partial charge in [-0.15, -0.1) is 0 Å². The van der Waals surface area contributed by atoms with Crippen LogP contribution in [-0.4, -0.2) is 66.6 Å². The van der Waals surface area contributed by atoms with Crippen LogP contribution in [0.25, 0.3) is 33.3 Å². The van der Waals surface area contributed by atoms with Gasteiger partial charge in [-0.3, -0.25) is 4.79 Å². The minimum atomic E-state index is -1.15. The fourth-order valence-electron chi connectivity index (χ4n) is 5.82. The number of aliphatic hydroxyl groups excluding tert-OH is 1. The molecule has 2 aromatic carbocycles. The molecule has 4 aromatic rings. The molecule has 2 fully saturated rings. The van der Waals surface area contributed by atoms with Crippen LogP contribution in [0.5, 0.6) is 11.5 Å². The number of carbonyl (C=O) groups is 1. The number of likely N-dealkylation sites (tertiary alicyclic amines) is 1. The molecule has 6 rings (SSSR count). The molecule has 1 saturated heterocycles. The van der Waals surface area contributed by atoms with Crippen LogP contribution in [0, 0.1) is 5.92 Å². The van der Waals surface area contributed by atoms with Crippen LogP contribution in [0.3, 0.4) is 0 Å². The number of amides is 1. The van der Waals surface area contributed by atoms with Crippen molar-refractivity contribution in [2.24, 2.45) is 11.7 Å². The number of aromatic nitrogens is 1. The van der Waals surface area contributed by atoms with Crippen molar-refractivity contribution in [2.45, 2.75) is 44.4 Å². The molecule has 0 radical (unpaired) electrons. The zero-order valence-corrected chi connectivity index (χ0v) is 22.3. The van der Waals surface area contributed by atoms with Gasteiger partial charge in [0.1, 0.15) is 23.3 Å². The number of alkyl halides is 1. The number of ether oxygens (including phenoxy) is 2. The number of methoxy groups -OCH3 is 2. The number of nitrogens with zero attached hydrogens (tertiary/aromatic N) is 2. The molecule has 1 aliphatic carbocycles. The van der Waals surface area contributed by atoms with Crippen LogP contribution >= 0.6 is 0 Å². The van der Waals surface area contributed by atoms with E-state index in [0.717, 1.165) is 39.8 Å². The third-order valence-corrected chi connectivity index (χ3v) is 7.88. The second-order valence-corrected chi connectivity index (χ2v) is 10.7. The highest BCUT2D eigenvalue weighted by Gasteiger charge is 2.31. The predicted molar refractivity (Wildman–Crippen MR) is 147 cm³/mol. The van der Waals surface area contributed by atoms with Gasteiger partial charge in [-0.25, -0.2) is 4.39 Å². The smallest absolute Gasteiger partial charge is 0.254 e. The first-order chi connectivity index (χ1) is 18.9. The quantitative estimate of drug-likeness (QED) is 0.344. The molecule has 0 spiro atoms. The molecule has 2 aliphatic rings. The molecule has 2 atom stereocenters. The molecule has 206 valence electrons. The molecule has 9 heteroatoms. The van der Waals surface area contributed by atoms with Crippen molar-refractivity contribution in [1.82, 2.24) is 9.47 Å². The Hall–Kier alpha value is -3.56. The normalized spacial score (nSPS) is 19.7. The maximum Gasteiger partial charge on any atom is 0.254 e. The van der Waals surface area contributed by atoms with E-state index in [4.69, 9.17) is 19.6 Å². The van der Waals surface area contributed by atoms with E-state index in [1.54, 1.807) is 26.4 Å². The lowest BCUT2D eigenvalue weighted by Crippen LogP contribution is -2.50. The molecule has 1 aliphatic heterocycles. The summed E-state index contributed by atoms with van der Waals surface area (Å²) in [4.78, 5) is 14.9. The topological polar surface area (TPSA) is 103 Å². The number of furan rings is 1. The average molecular weight is 536 g/mol. The molecule has 0 bridgehead atoms. The number of nitrogens with two attached hydrogens (primary N) is 1. The fourth-order valence-corrected chi connectivity index (χ4v) is 5.82. The van der Waals surface area contributed by atoms with Crippen LogP contribution in [0.15, 0.2) is 40.8 Å². The number of halogens is 1. The van der Waals surface area contributed by atoms with E-state index in [2.05, 4.69) is 10.6 Å². The Labute approximate surface area is 226 Å². The first kappa shape index (κ1) is 25.7. The van der Waals surface area contributed by atoms with Gasteiger partial charge in [0, 0.05) is 54.7 Å². The number of hydrogen-bond donors (Lipinski definition) is 2. The van der Waals surface area contributed by atoms with Gasteiger partial charge in [-0.1, -0.05) is 0 Å². The van der Waals surface area contributed by atoms with Gasteiger partial charge in [-0.05, 0) is 55.5 Å². The summed E-state index contributed by atoms with van der Waals surface area (Å²) in [6.07, 6.45) is 1.82. The summed E-state index contributed by atoms with van der Waals surface area (Å²) in [6.45, 7) is 1.08. The molecular weight excluding hydrogens is 501 g/mol. The zero-order chi connectivity index (χ0) is 27.3. The van der Waals surface area contributed by atoms with E-state index >= 15 is 0 Å². The molecule has 3 N–H and O–H groups in total. The molecule has 0 unspecified atom stereocenters. The van der Waals surface area contributed by atoms with Crippen LogP contribution in [0.2, 0.25) is 0 Å². The van der Waals surface area contributed by atoms with Crippen molar-refractivity contribution in [1.29, 1.82) is 0 Å². The van der Waals surface area contributed by atoms with E-state index in [9.17, 15) is 14.3 Å². The lowest BCUT2D eigenvalue weighted by molar-refractivity contribution is 0.0606. The van der Waals surface area contributed by atoms with Gasteiger partial charge < -0.3 is 34.2 Å². The van der Waals surface area contributed by atoms with Gasteiger partial charge in [-0.2, -0.15) is 0 Å². The highest BCUT2D eigenvalue weighted by molar-refractivity contribution is 6.02. The lowest BCUT2D eigenvalue weighted by Gasteiger charge is -2.33. The van der Waals surface area contributed by atoms with E-state index in [-0.39, 0.29) is 25.5 Å². The van der Waals surface area contributed by atoms with E-state index in [1.807, 2.05) is 18.2 Å². The van der Waals surface area contributed by atoms with E-state index in [0.29, 0.717) is 41.5 Å². The number of benzene rings is 2. The predicted octanol–water partition coefficient (Wildman–Crippen LogP) is 4.53. The minimum absolute atomic E-state index is 0.0107. The molecular formula is C30H34FN3O5. The fraction of sp³-hybridized carbons (Fsp3) is 0.433. The maximum atomic E-state index is 14.2. The number of fused-ring (bicyclic) bond motifs is 2. The number of hydrogen-bond acceptors (Lipinski definition) is 6. The maximum absolute atomic E-state index is 14.2. The second kappa shape index (κ2) is 10.2. The largest absolute Gasteiger partial charge is 0.497 e. The Balaban J connectivity index is 1.51. The van der Waals surface area contributed by atoms with Crippen molar-refractivity contribution in [2.75, 3.05) is 33.9 Å². The Kier molecular flexibility index (Phi) is 6.72. The number of carbonyl (C=O) groups excluding carboxylic acids is 1. The number of aliphatic hydroxyl groups is 1. The van der Waals surface area contributed by atoms with E-state index in [1.165, 1.54) is 17.7 Å². The van der Waals surface area contributed by atoms with Crippen LogP contribution in [-0.2, 0) is 13.0 Å². The second-order valence-electron chi connectivity index (χ2n) is 10.7. The number of rotatable bonds is 8. The van der Waals surface area contributed by atoms with Crippen molar-refractivity contribution in [3.63, 3.8) is 0 Å². The Morgan fingerprint density at radius 3 is 2.67 bits per heavy atom. The minimum Gasteiger partial charge on any atom is -0.497 e. The average Bonchev–Trinajstić information content (AvgIpc) is 3.58. The SMILES string of the molecule is COc1ccc2cc(-c3oc4cc(C(=O)N5C[C@H](N)C[C@@H](F)C5)cc(OC)c4c3CCO)n(CC3CC3)c2c1. The Bertz CT molecular complexity index is 1530. The van der Waals surface area contributed by atoms with Crippen molar-refractivity contribution in [3.8, 4) is 23.0 Å². The molecule has 1 saturated carbocycles. The third-order valence-electron chi connectivity index (χ3n) is 7.88. The molecule has 2 aromatic heterocycles. The Morgan fingerprint density at radius 1 is 1.15 bits per heavy atom. The summed E-state index contributed by atoms with van der Waals surface area (Å²) in [5.74, 6) is 2.18. The van der Waals surface area contributed by atoms with Crippen LogP contribution < -0.4 is 15.2 Å². The lowest BCUT2D eigenvalue weighted by atomic mass is 10.0. The zero-order valence-electron chi connectivity index (χ0n) is 22.3. The molecule has 1 amide bonds. The molecule has 8 nitrogen and oxygen atoms in total. The summed E-state index contributed by atoms with van der Waals surface area (Å²) in [6, 6.07) is 11.1. The first-order valence-electron chi connectivity index (χ1n) is 13.5. The first-order valence-corrected chi connectivity index (χ1v) is 13.5. The Morgan fingerprint density at radius 2 is 1.97 bits per heavy atom. The van der Waals surface area contributed by atoms with Gasteiger partial charge in [0.15, 0.2) is 5.76 Å². The van der Waals surface area contributed by atoms with Crippen LogP contribution in [0.1, 0.15) is 35.2 Å². The highest BCUT2D eigenvalue weighted by Crippen LogP contribution is 2.43. The van der Waals surface area contributed by atoms with Crippen molar-refractivity contribution >= 4 is 27.8 Å². The third kappa shape index (κ3) is 4.74. The van der Waals surface area contributed by atoms with Gasteiger partial charge >= 0.3 is 0 Å². The van der Waals surface area contributed by atoms with Gasteiger partial charge in [0.2, 0.25) is 0 Å². The van der Waals surface area contributed by atoms with Crippen molar-refractivity contribution in [3.05, 3.63) is 47.5 Å². The summed E-state index contributed by atoms with van der Waals surface area (Å²) < 4.78 is 34.2. The number of piperidine rings is 1.